The molecule has 8 nitrogen and oxygen atoms in total. The molecule has 0 aromatic heterocycles. The lowest BCUT2D eigenvalue weighted by atomic mass is 10.1. The van der Waals surface area contributed by atoms with E-state index in [1.165, 1.54) is 20.8 Å². The Morgan fingerprint density at radius 1 is 0.773 bits per heavy atom. The smallest absolute Gasteiger partial charge is 0.242 e. The zero-order valence-corrected chi connectivity index (χ0v) is 13.7. The van der Waals surface area contributed by atoms with Crippen LogP contribution in [0.5, 0.6) is 0 Å². The van der Waals surface area contributed by atoms with Gasteiger partial charge in [0.25, 0.3) is 0 Å². The minimum Gasteiger partial charge on any atom is -0.368 e. The maximum Gasteiger partial charge on any atom is 0.242 e. The van der Waals surface area contributed by atoms with Crippen molar-refractivity contribution in [1.82, 2.24) is 16.0 Å². The Labute approximate surface area is 130 Å². The fourth-order valence-electron chi connectivity index (χ4n) is 1.42. The second-order valence-corrected chi connectivity index (χ2v) is 5.40. The molecule has 0 bridgehead atoms. The third-order valence-electron chi connectivity index (χ3n) is 3.35. The van der Waals surface area contributed by atoms with Gasteiger partial charge >= 0.3 is 0 Å². The Kier molecular flexibility index (Phi) is 8.14. The van der Waals surface area contributed by atoms with Crippen LogP contribution in [-0.2, 0) is 19.2 Å². The van der Waals surface area contributed by atoms with E-state index in [0.29, 0.717) is 6.42 Å². The largest absolute Gasteiger partial charge is 0.368 e. The summed E-state index contributed by atoms with van der Waals surface area (Å²) in [5.41, 5.74) is 5.04. The fourth-order valence-corrected chi connectivity index (χ4v) is 1.42. The molecular formula is C14H26N4O4. The minimum absolute atomic E-state index is 0.188. The molecule has 4 amide bonds. The summed E-state index contributed by atoms with van der Waals surface area (Å²) >= 11 is 0. The molecule has 22 heavy (non-hydrogen) atoms. The van der Waals surface area contributed by atoms with Crippen molar-refractivity contribution < 1.29 is 19.2 Å². The number of nitrogens with two attached hydrogens (primary N) is 1. The number of amides is 4. The first-order chi connectivity index (χ1) is 10.1. The van der Waals surface area contributed by atoms with E-state index in [-0.39, 0.29) is 11.8 Å². The normalized spacial score (nSPS) is 15.9. The molecule has 5 N–H and O–H groups in total. The van der Waals surface area contributed by atoms with Crippen LogP contribution >= 0.6 is 0 Å². The molecule has 0 aliphatic rings. The molecule has 0 aliphatic heterocycles. The highest BCUT2D eigenvalue weighted by Crippen LogP contribution is 2.00. The van der Waals surface area contributed by atoms with E-state index >= 15 is 0 Å². The van der Waals surface area contributed by atoms with Gasteiger partial charge in [-0.05, 0) is 27.2 Å². The summed E-state index contributed by atoms with van der Waals surface area (Å²) in [5.74, 6) is -2.08. The third-order valence-corrected chi connectivity index (χ3v) is 3.35. The Balaban J connectivity index is 4.42. The topological polar surface area (TPSA) is 130 Å². The van der Waals surface area contributed by atoms with Crippen molar-refractivity contribution in [1.29, 1.82) is 0 Å². The predicted molar refractivity (Wildman–Crippen MR) is 81.5 cm³/mol. The highest BCUT2D eigenvalue weighted by Gasteiger charge is 2.23. The zero-order chi connectivity index (χ0) is 17.4. The molecule has 8 heteroatoms. The highest BCUT2D eigenvalue weighted by molar-refractivity contribution is 5.93. The first-order valence-corrected chi connectivity index (χ1v) is 7.30. The molecular weight excluding hydrogens is 288 g/mol. The second-order valence-electron chi connectivity index (χ2n) is 5.40. The van der Waals surface area contributed by atoms with Crippen molar-refractivity contribution in [3.8, 4) is 0 Å². The molecule has 0 radical (unpaired) electrons. The van der Waals surface area contributed by atoms with Crippen LogP contribution in [0, 0.1) is 5.92 Å². The van der Waals surface area contributed by atoms with Crippen molar-refractivity contribution in [2.45, 2.75) is 59.2 Å². The van der Waals surface area contributed by atoms with E-state index in [4.69, 9.17) is 5.73 Å². The second kappa shape index (κ2) is 9.01. The SMILES string of the molecule is CCC(C)C(=O)NC(C)C(=O)NC(C)C(=O)NC(C)C(N)=O. The lowest BCUT2D eigenvalue weighted by Gasteiger charge is -2.20. The number of hydrogen-bond donors (Lipinski definition) is 4. The van der Waals surface area contributed by atoms with Gasteiger partial charge in [0.2, 0.25) is 23.6 Å². The fraction of sp³-hybridized carbons (Fsp3) is 0.714. The van der Waals surface area contributed by atoms with Gasteiger partial charge in [0, 0.05) is 5.92 Å². The van der Waals surface area contributed by atoms with Gasteiger partial charge in [0.05, 0.1) is 0 Å². The Bertz CT molecular complexity index is 439. The monoisotopic (exact) mass is 314 g/mol. The molecule has 0 saturated carbocycles. The number of rotatable bonds is 8. The highest BCUT2D eigenvalue weighted by atomic mass is 16.2. The summed E-state index contributed by atoms with van der Waals surface area (Å²) in [7, 11) is 0. The first kappa shape index (κ1) is 19.9. The van der Waals surface area contributed by atoms with E-state index in [1.807, 2.05) is 6.92 Å². The van der Waals surface area contributed by atoms with E-state index in [2.05, 4.69) is 16.0 Å². The van der Waals surface area contributed by atoms with Crippen LogP contribution in [0.15, 0.2) is 0 Å². The third kappa shape index (κ3) is 6.55. The molecule has 0 spiro atoms. The number of carbonyl (C=O) groups excluding carboxylic acids is 4. The van der Waals surface area contributed by atoms with Crippen LogP contribution in [0.25, 0.3) is 0 Å². The van der Waals surface area contributed by atoms with Crippen molar-refractivity contribution in [2.24, 2.45) is 11.7 Å². The zero-order valence-electron chi connectivity index (χ0n) is 13.7. The summed E-state index contributed by atoms with van der Waals surface area (Å²) in [4.78, 5) is 46.3. The summed E-state index contributed by atoms with van der Waals surface area (Å²) < 4.78 is 0. The average Bonchev–Trinajstić information content (AvgIpc) is 2.45. The molecule has 4 unspecified atom stereocenters. The van der Waals surface area contributed by atoms with E-state index < -0.39 is 35.8 Å². The molecule has 0 aromatic carbocycles. The molecule has 0 aliphatic carbocycles. The number of carbonyl (C=O) groups is 4. The van der Waals surface area contributed by atoms with Gasteiger partial charge in [0.1, 0.15) is 18.1 Å². The molecule has 126 valence electrons. The first-order valence-electron chi connectivity index (χ1n) is 7.30. The Hall–Kier alpha value is -2.12. The number of nitrogens with one attached hydrogen (secondary N) is 3. The quantitative estimate of drug-likeness (QED) is 0.459. The molecule has 0 fully saturated rings. The maximum atomic E-state index is 11.9. The number of hydrogen-bond acceptors (Lipinski definition) is 4. The van der Waals surface area contributed by atoms with Crippen LogP contribution in [0.1, 0.15) is 41.0 Å². The van der Waals surface area contributed by atoms with Crippen molar-refractivity contribution in [3.05, 3.63) is 0 Å². The van der Waals surface area contributed by atoms with Gasteiger partial charge in [0.15, 0.2) is 0 Å². The van der Waals surface area contributed by atoms with Crippen molar-refractivity contribution in [2.75, 3.05) is 0 Å². The molecule has 0 saturated heterocycles. The predicted octanol–water partition coefficient (Wildman–Crippen LogP) is -0.968. The van der Waals surface area contributed by atoms with Crippen LogP contribution in [0.2, 0.25) is 0 Å². The van der Waals surface area contributed by atoms with Crippen molar-refractivity contribution in [3.63, 3.8) is 0 Å². The molecule has 0 heterocycles. The van der Waals surface area contributed by atoms with Gasteiger partial charge in [-0.1, -0.05) is 13.8 Å². The lowest BCUT2D eigenvalue weighted by Crippen LogP contribution is -2.54. The van der Waals surface area contributed by atoms with Gasteiger partial charge in [-0.15, -0.1) is 0 Å². The van der Waals surface area contributed by atoms with E-state index in [0.717, 1.165) is 0 Å². The summed E-state index contributed by atoms with van der Waals surface area (Å²) in [6.45, 7) is 8.10. The van der Waals surface area contributed by atoms with Gasteiger partial charge in [-0.25, -0.2) is 0 Å². The van der Waals surface area contributed by atoms with E-state index in [1.54, 1.807) is 6.92 Å². The van der Waals surface area contributed by atoms with Crippen molar-refractivity contribution >= 4 is 23.6 Å². The summed E-state index contributed by atoms with van der Waals surface area (Å²) in [6.07, 6.45) is 0.671. The Morgan fingerprint density at radius 2 is 1.14 bits per heavy atom. The lowest BCUT2D eigenvalue weighted by molar-refractivity contribution is -0.133. The summed E-state index contributed by atoms with van der Waals surface area (Å²) in [6, 6.07) is -2.43. The van der Waals surface area contributed by atoms with Crippen LogP contribution in [0.4, 0.5) is 0 Å². The standard InChI is InChI=1S/C14H26N4O4/c1-6-7(2)12(20)17-9(4)14(22)18-10(5)13(21)16-8(3)11(15)19/h7-10H,6H2,1-5H3,(H2,15,19)(H,16,21)(H,17,20)(H,18,22). The van der Waals surface area contributed by atoms with Gasteiger partial charge < -0.3 is 21.7 Å². The minimum atomic E-state index is -0.850. The van der Waals surface area contributed by atoms with Crippen LogP contribution in [-0.4, -0.2) is 41.8 Å². The van der Waals surface area contributed by atoms with Crippen LogP contribution < -0.4 is 21.7 Å². The Morgan fingerprint density at radius 3 is 1.50 bits per heavy atom. The summed E-state index contributed by atoms with van der Waals surface area (Å²) in [5, 5.41) is 7.42. The van der Waals surface area contributed by atoms with Gasteiger partial charge in [-0.2, -0.15) is 0 Å². The van der Waals surface area contributed by atoms with E-state index in [9.17, 15) is 19.2 Å². The van der Waals surface area contributed by atoms with Crippen LogP contribution in [0.3, 0.4) is 0 Å². The number of primary amides is 1. The molecule has 0 rings (SSSR count). The van der Waals surface area contributed by atoms with Gasteiger partial charge in [-0.3, -0.25) is 19.2 Å². The molecule has 4 atom stereocenters. The maximum absolute atomic E-state index is 11.9. The molecule has 0 aromatic rings. The average molecular weight is 314 g/mol.